The van der Waals surface area contributed by atoms with E-state index in [9.17, 15) is 0 Å². The Morgan fingerprint density at radius 2 is 2.00 bits per heavy atom. The molecule has 1 heterocycles. The average Bonchev–Trinajstić information content (AvgIpc) is 2.79. The highest BCUT2D eigenvalue weighted by Crippen LogP contribution is 2.30. The molecule has 0 bridgehead atoms. The van der Waals surface area contributed by atoms with Crippen LogP contribution in [0.5, 0.6) is 0 Å². The molecule has 1 aromatic heterocycles. The molecule has 20 heavy (non-hydrogen) atoms. The molecule has 0 atom stereocenters. The van der Waals surface area contributed by atoms with E-state index in [0.717, 1.165) is 26.6 Å². The summed E-state index contributed by atoms with van der Waals surface area (Å²) in [5, 5.41) is 10.7. The van der Waals surface area contributed by atoms with Gasteiger partial charge < -0.3 is 4.57 Å². The lowest BCUT2D eigenvalue weighted by molar-refractivity contribution is 1.11. The molecule has 98 valence electrons. The number of fused-ring (bicyclic) bond motifs is 1. The number of para-hydroxylation sites is 1. The van der Waals surface area contributed by atoms with Gasteiger partial charge in [0.15, 0.2) is 0 Å². The number of hydrogen-bond donors (Lipinski definition) is 0. The minimum Gasteiger partial charge on any atom is -0.315 e. The summed E-state index contributed by atoms with van der Waals surface area (Å²) in [6.07, 6.45) is 2.38. The molecule has 3 rings (SSSR count). The van der Waals surface area contributed by atoms with Crippen LogP contribution in [0.2, 0.25) is 5.02 Å². The third-order valence-corrected chi connectivity index (χ3v) is 4.03. The third kappa shape index (κ3) is 2.22. The van der Waals surface area contributed by atoms with E-state index in [2.05, 4.69) is 22.0 Å². The van der Waals surface area contributed by atoms with Crippen LogP contribution in [-0.2, 0) is 6.42 Å². The van der Waals surface area contributed by atoms with Gasteiger partial charge in [0.1, 0.15) is 0 Å². The van der Waals surface area contributed by atoms with Crippen LogP contribution in [0.15, 0.2) is 53.1 Å². The van der Waals surface area contributed by atoms with E-state index < -0.39 is 0 Å². The van der Waals surface area contributed by atoms with Gasteiger partial charge in [-0.2, -0.15) is 5.26 Å². The van der Waals surface area contributed by atoms with E-state index in [1.807, 2.05) is 53.2 Å². The molecule has 4 heteroatoms. The molecule has 0 fully saturated rings. The number of nitrogens with zero attached hydrogens (tertiary/aromatic N) is 2. The number of aromatic nitrogens is 1. The van der Waals surface area contributed by atoms with Crippen LogP contribution in [0.25, 0.3) is 16.6 Å². The van der Waals surface area contributed by atoms with Crippen LogP contribution in [0.4, 0.5) is 0 Å². The van der Waals surface area contributed by atoms with Gasteiger partial charge in [-0.3, -0.25) is 0 Å². The van der Waals surface area contributed by atoms with Crippen LogP contribution < -0.4 is 0 Å². The zero-order chi connectivity index (χ0) is 14.1. The summed E-state index contributed by atoms with van der Waals surface area (Å²) in [6, 6.07) is 16.0. The molecular formula is C16H10BrClN2. The summed E-state index contributed by atoms with van der Waals surface area (Å²) >= 11 is 9.75. The molecule has 3 aromatic rings. The van der Waals surface area contributed by atoms with E-state index in [-0.39, 0.29) is 0 Å². The van der Waals surface area contributed by atoms with Crippen molar-refractivity contribution in [2.75, 3.05) is 0 Å². The molecule has 2 nitrogen and oxygen atoms in total. The summed E-state index contributed by atoms with van der Waals surface area (Å²) in [7, 11) is 0. The van der Waals surface area contributed by atoms with Crippen LogP contribution in [0.3, 0.4) is 0 Å². The SMILES string of the molecule is N#CCc1cn(-c2ccc(Br)cc2Cl)c2ccccc12. The van der Waals surface area contributed by atoms with Gasteiger partial charge in [-0.15, -0.1) is 0 Å². The summed E-state index contributed by atoms with van der Waals surface area (Å²) in [4.78, 5) is 0. The van der Waals surface area contributed by atoms with E-state index in [1.54, 1.807) is 0 Å². The molecule has 0 N–H and O–H groups in total. The first-order valence-corrected chi connectivity index (χ1v) is 7.29. The first-order valence-electron chi connectivity index (χ1n) is 6.12. The minimum atomic E-state index is 0.391. The average molecular weight is 346 g/mol. The Hall–Kier alpha value is -1.76. The van der Waals surface area contributed by atoms with Crippen molar-refractivity contribution in [2.45, 2.75) is 6.42 Å². The summed E-state index contributed by atoms with van der Waals surface area (Å²) in [5.74, 6) is 0. The standard InChI is InChI=1S/C16H10BrClN2/c17-12-5-6-16(14(18)9-12)20-10-11(7-8-19)13-3-1-2-4-15(13)20/h1-6,9-10H,7H2. The van der Waals surface area contributed by atoms with Gasteiger partial charge in [0, 0.05) is 16.1 Å². The molecule has 2 aromatic carbocycles. The fourth-order valence-corrected chi connectivity index (χ4v) is 3.12. The van der Waals surface area contributed by atoms with Crippen molar-refractivity contribution < 1.29 is 0 Å². The van der Waals surface area contributed by atoms with Crippen molar-refractivity contribution >= 4 is 38.4 Å². The Morgan fingerprint density at radius 1 is 1.20 bits per heavy atom. The first kappa shape index (κ1) is 13.2. The third-order valence-electron chi connectivity index (χ3n) is 3.23. The van der Waals surface area contributed by atoms with E-state index >= 15 is 0 Å². The van der Waals surface area contributed by atoms with Crippen molar-refractivity contribution in [2.24, 2.45) is 0 Å². The number of benzene rings is 2. The molecule has 0 aliphatic carbocycles. The van der Waals surface area contributed by atoms with Gasteiger partial charge in [0.05, 0.1) is 28.7 Å². The molecule has 0 aliphatic rings. The number of halogens is 2. The maximum atomic E-state index is 8.96. The highest BCUT2D eigenvalue weighted by molar-refractivity contribution is 9.10. The van der Waals surface area contributed by atoms with Gasteiger partial charge >= 0.3 is 0 Å². The fraction of sp³-hybridized carbons (Fsp3) is 0.0625. The highest BCUT2D eigenvalue weighted by atomic mass is 79.9. The number of hydrogen-bond acceptors (Lipinski definition) is 1. The van der Waals surface area contributed by atoms with Crippen molar-refractivity contribution in [1.29, 1.82) is 5.26 Å². The Morgan fingerprint density at radius 3 is 2.75 bits per heavy atom. The summed E-state index contributed by atoms with van der Waals surface area (Å²) < 4.78 is 2.98. The fourth-order valence-electron chi connectivity index (χ4n) is 2.35. The largest absolute Gasteiger partial charge is 0.315 e. The predicted octanol–water partition coefficient (Wildman–Crippen LogP) is 5.11. The number of rotatable bonds is 2. The molecular weight excluding hydrogens is 336 g/mol. The van der Waals surface area contributed by atoms with Crippen molar-refractivity contribution in [3.63, 3.8) is 0 Å². The van der Waals surface area contributed by atoms with Gasteiger partial charge in [-0.25, -0.2) is 0 Å². The Labute approximate surface area is 130 Å². The lowest BCUT2D eigenvalue weighted by Crippen LogP contribution is -1.92. The second-order valence-electron chi connectivity index (χ2n) is 4.47. The van der Waals surface area contributed by atoms with Crippen LogP contribution in [0.1, 0.15) is 5.56 Å². The Kier molecular flexibility index (Phi) is 3.52. The first-order chi connectivity index (χ1) is 9.70. The molecule has 0 saturated heterocycles. The Balaban J connectivity index is 2.29. The lowest BCUT2D eigenvalue weighted by atomic mass is 10.1. The molecule has 0 radical (unpaired) electrons. The lowest BCUT2D eigenvalue weighted by Gasteiger charge is -2.08. The highest BCUT2D eigenvalue weighted by Gasteiger charge is 2.11. The smallest absolute Gasteiger partial charge is 0.0670 e. The van der Waals surface area contributed by atoms with Crippen LogP contribution >= 0.6 is 27.5 Å². The normalized spacial score (nSPS) is 10.7. The van der Waals surface area contributed by atoms with Gasteiger partial charge in [0.2, 0.25) is 0 Å². The van der Waals surface area contributed by atoms with Crippen LogP contribution in [-0.4, -0.2) is 4.57 Å². The van der Waals surface area contributed by atoms with Gasteiger partial charge in [0.25, 0.3) is 0 Å². The number of nitriles is 1. The molecule has 0 aliphatic heterocycles. The van der Waals surface area contributed by atoms with Crippen molar-refractivity contribution in [3.8, 4) is 11.8 Å². The maximum Gasteiger partial charge on any atom is 0.0670 e. The summed E-state index contributed by atoms with van der Waals surface area (Å²) in [6.45, 7) is 0. The van der Waals surface area contributed by atoms with Gasteiger partial charge in [-0.05, 0) is 29.8 Å². The van der Waals surface area contributed by atoms with Crippen LogP contribution in [0, 0.1) is 11.3 Å². The van der Waals surface area contributed by atoms with E-state index in [4.69, 9.17) is 16.9 Å². The van der Waals surface area contributed by atoms with E-state index in [0.29, 0.717) is 11.4 Å². The zero-order valence-corrected chi connectivity index (χ0v) is 12.8. The quantitative estimate of drug-likeness (QED) is 0.634. The second kappa shape index (κ2) is 5.32. The molecule has 0 amide bonds. The topological polar surface area (TPSA) is 28.7 Å². The predicted molar refractivity (Wildman–Crippen MR) is 85.3 cm³/mol. The molecule has 0 spiro atoms. The molecule has 0 unspecified atom stereocenters. The minimum absolute atomic E-state index is 0.391. The van der Waals surface area contributed by atoms with E-state index in [1.165, 1.54) is 0 Å². The second-order valence-corrected chi connectivity index (χ2v) is 5.79. The summed E-state index contributed by atoms with van der Waals surface area (Å²) in [5.41, 5.74) is 2.99. The van der Waals surface area contributed by atoms with Crippen molar-refractivity contribution in [1.82, 2.24) is 4.57 Å². The van der Waals surface area contributed by atoms with Gasteiger partial charge in [-0.1, -0.05) is 45.7 Å². The maximum absolute atomic E-state index is 8.96. The molecule has 0 saturated carbocycles. The van der Waals surface area contributed by atoms with Crippen molar-refractivity contribution in [3.05, 3.63) is 63.7 Å². The Bertz CT molecular complexity index is 830. The zero-order valence-electron chi connectivity index (χ0n) is 10.5. The monoisotopic (exact) mass is 344 g/mol.